The van der Waals surface area contributed by atoms with Gasteiger partial charge in [0.1, 0.15) is 5.54 Å². The van der Waals surface area contributed by atoms with Crippen molar-refractivity contribution in [2.45, 2.75) is 38.8 Å². The van der Waals surface area contributed by atoms with Crippen LogP contribution in [0.1, 0.15) is 26.7 Å². The van der Waals surface area contributed by atoms with Crippen LogP contribution in [-0.2, 0) is 6.54 Å². The Bertz CT molecular complexity index is 312. The molecule has 1 aromatic heterocycles. The van der Waals surface area contributed by atoms with E-state index < -0.39 is 5.54 Å². The maximum Gasteiger partial charge on any atom is 0.105 e. The number of nitriles is 1. The van der Waals surface area contributed by atoms with Crippen molar-refractivity contribution in [2.24, 2.45) is 0 Å². The Labute approximate surface area is 90.9 Å². The summed E-state index contributed by atoms with van der Waals surface area (Å²) >= 11 is 0. The summed E-state index contributed by atoms with van der Waals surface area (Å²) < 4.78 is 1.99. The molecule has 0 aliphatic rings. The van der Waals surface area contributed by atoms with Gasteiger partial charge in [-0.2, -0.15) is 5.26 Å². The molecule has 0 spiro atoms. The second-order valence-electron chi connectivity index (χ2n) is 3.92. The molecule has 1 aromatic rings. The van der Waals surface area contributed by atoms with Gasteiger partial charge in [0.2, 0.25) is 0 Å². The molecular formula is C11H18N4. The Morgan fingerprint density at radius 2 is 2.40 bits per heavy atom. The van der Waals surface area contributed by atoms with Gasteiger partial charge in [0.05, 0.1) is 12.4 Å². The zero-order valence-electron chi connectivity index (χ0n) is 9.40. The Balaban J connectivity index is 2.43. The van der Waals surface area contributed by atoms with Gasteiger partial charge in [-0.1, -0.05) is 6.92 Å². The smallest absolute Gasteiger partial charge is 0.105 e. The van der Waals surface area contributed by atoms with Gasteiger partial charge in [-0.3, -0.25) is 5.32 Å². The van der Waals surface area contributed by atoms with E-state index >= 15 is 0 Å². The lowest BCUT2D eigenvalue weighted by molar-refractivity contribution is 0.393. The minimum atomic E-state index is -0.430. The summed E-state index contributed by atoms with van der Waals surface area (Å²) in [5.41, 5.74) is -0.430. The van der Waals surface area contributed by atoms with Crippen LogP contribution in [0.25, 0.3) is 0 Å². The van der Waals surface area contributed by atoms with Crippen LogP contribution in [-0.4, -0.2) is 21.6 Å². The lowest BCUT2D eigenvalue weighted by atomic mass is 10.00. The van der Waals surface area contributed by atoms with E-state index in [2.05, 4.69) is 23.3 Å². The standard InChI is InChI=1S/C11H18N4/c1-3-5-14-11(2,9-12)4-7-15-8-6-13-10-15/h6,8,10,14H,3-5,7H2,1-2H3. The van der Waals surface area contributed by atoms with Crippen molar-refractivity contribution in [2.75, 3.05) is 6.54 Å². The maximum atomic E-state index is 9.10. The summed E-state index contributed by atoms with van der Waals surface area (Å²) in [7, 11) is 0. The van der Waals surface area contributed by atoms with E-state index in [-0.39, 0.29) is 0 Å². The van der Waals surface area contributed by atoms with Crippen LogP contribution in [0.3, 0.4) is 0 Å². The van der Waals surface area contributed by atoms with Gasteiger partial charge < -0.3 is 4.57 Å². The van der Waals surface area contributed by atoms with E-state index in [0.717, 1.165) is 25.9 Å². The molecular weight excluding hydrogens is 188 g/mol. The molecule has 0 saturated carbocycles. The van der Waals surface area contributed by atoms with Crippen molar-refractivity contribution in [1.82, 2.24) is 14.9 Å². The van der Waals surface area contributed by atoms with Crippen LogP contribution >= 0.6 is 0 Å². The molecule has 0 saturated heterocycles. The number of nitrogens with one attached hydrogen (secondary N) is 1. The van der Waals surface area contributed by atoms with Crippen LogP contribution in [0.4, 0.5) is 0 Å². The van der Waals surface area contributed by atoms with Crippen molar-refractivity contribution < 1.29 is 0 Å². The highest BCUT2D eigenvalue weighted by molar-refractivity contribution is 5.03. The summed E-state index contributed by atoms with van der Waals surface area (Å²) in [4.78, 5) is 3.97. The fraction of sp³-hybridized carbons (Fsp3) is 0.636. The number of hydrogen-bond acceptors (Lipinski definition) is 3. The zero-order chi connectivity index (χ0) is 11.1. The average Bonchev–Trinajstić information content (AvgIpc) is 2.76. The normalized spacial score (nSPS) is 14.5. The van der Waals surface area contributed by atoms with Gasteiger partial charge in [0, 0.05) is 18.9 Å². The molecule has 0 aromatic carbocycles. The van der Waals surface area contributed by atoms with E-state index in [0.29, 0.717) is 0 Å². The second-order valence-corrected chi connectivity index (χ2v) is 3.92. The van der Waals surface area contributed by atoms with Gasteiger partial charge in [-0.15, -0.1) is 0 Å². The average molecular weight is 206 g/mol. The van der Waals surface area contributed by atoms with E-state index in [1.807, 2.05) is 17.7 Å². The van der Waals surface area contributed by atoms with Crippen molar-refractivity contribution >= 4 is 0 Å². The number of nitrogens with zero attached hydrogens (tertiary/aromatic N) is 3. The van der Waals surface area contributed by atoms with Crippen LogP contribution in [0, 0.1) is 11.3 Å². The van der Waals surface area contributed by atoms with Gasteiger partial charge in [-0.05, 0) is 26.3 Å². The van der Waals surface area contributed by atoms with Crippen molar-refractivity contribution in [3.63, 3.8) is 0 Å². The highest BCUT2D eigenvalue weighted by Crippen LogP contribution is 2.09. The van der Waals surface area contributed by atoms with E-state index in [4.69, 9.17) is 5.26 Å². The van der Waals surface area contributed by atoms with Gasteiger partial charge >= 0.3 is 0 Å². The molecule has 0 radical (unpaired) electrons. The fourth-order valence-electron chi connectivity index (χ4n) is 1.36. The summed E-state index contributed by atoms with van der Waals surface area (Å²) in [5, 5.41) is 12.4. The quantitative estimate of drug-likeness (QED) is 0.768. The second kappa shape index (κ2) is 5.52. The number of rotatable bonds is 6. The summed E-state index contributed by atoms with van der Waals surface area (Å²) in [6, 6.07) is 2.33. The molecule has 4 nitrogen and oxygen atoms in total. The molecule has 0 amide bonds. The van der Waals surface area contributed by atoms with Crippen molar-refractivity contribution in [3.8, 4) is 6.07 Å². The monoisotopic (exact) mass is 206 g/mol. The molecule has 0 bridgehead atoms. The Morgan fingerprint density at radius 1 is 1.60 bits per heavy atom. The summed E-state index contributed by atoms with van der Waals surface area (Å²) in [5.74, 6) is 0. The molecule has 1 rings (SSSR count). The SMILES string of the molecule is CCCNC(C)(C#N)CCn1ccnc1. The maximum absolute atomic E-state index is 9.10. The third-order valence-electron chi connectivity index (χ3n) is 2.44. The first-order chi connectivity index (χ1) is 7.20. The number of aromatic nitrogens is 2. The molecule has 1 N–H and O–H groups in total. The van der Waals surface area contributed by atoms with Crippen molar-refractivity contribution in [1.29, 1.82) is 5.26 Å². The van der Waals surface area contributed by atoms with Gasteiger partial charge in [0.15, 0.2) is 0 Å². The molecule has 15 heavy (non-hydrogen) atoms. The molecule has 0 fully saturated rings. The largest absolute Gasteiger partial charge is 0.337 e. The van der Waals surface area contributed by atoms with E-state index in [9.17, 15) is 0 Å². The number of hydrogen-bond donors (Lipinski definition) is 1. The fourth-order valence-corrected chi connectivity index (χ4v) is 1.36. The summed E-state index contributed by atoms with van der Waals surface area (Å²) in [6.07, 6.45) is 7.28. The molecule has 82 valence electrons. The third kappa shape index (κ3) is 3.72. The lowest BCUT2D eigenvalue weighted by Crippen LogP contribution is -2.42. The number of aryl methyl sites for hydroxylation is 1. The molecule has 1 unspecified atom stereocenters. The molecule has 1 heterocycles. The summed E-state index contributed by atoms with van der Waals surface area (Å²) in [6.45, 7) is 5.75. The highest BCUT2D eigenvalue weighted by atomic mass is 15.0. The predicted molar refractivity (Wildman–Crippen MR) is 59.2 cm³/mol. The molecule has 4 heteroatoms. The van der Waals surface area contributed by atoms with E-state index in [1.165, 1.54) is 0 Å². The first-order valence-electron chi connectivity index (χ1n) is 5.32. The predicted octanol–water partition coefficient (Wildman–Crippen LogP) is 1.56. The molecule has 0 aliphatic carbocycles. The Hall–Kier alpha value is -1.34. The van der Waals surface area contributed by atoms with Crippen LogP contribution in [0.2, 0.25) is 0 Å². The zero-order valence-corrected chi connectivity index (χ0v) is 9.40. The first-order valence-corrected chi connectivity index (χ1v) is 5.32. The van der Waals surface area contributed by atoms with Crippen LogP contribution in [0.5, 0.6) is 0 Å². The lowest BCUT2D eigenvalue weighted by Gasteiger charge is -2.23. The molecule has 1 atom stereocenters. The Morgan fingerprint density at radius 3 is 2.93 bits per heavy atom. The van der Waals surface area contributed by atoms with Crippen molar-refractivity contribution in [3.05, 3.63) is 18.7 Å². The van der Waals surface area contributed by atoms with Gasteiger partial charge in [-0.25, -0.2) is 4.98 Å². The Kier molecular flexibility index (Phi) is 4.32. The third-order valence-corrected chi connectivity index (χ3v) is 2.44. The minimum Gasteiger partial charge on any atom is -0.337 e. The minimum absolute atomic E-state index is 0.430. The van der Waals surface area contributed by atoms with E-state index in [1.54, 1.807) is 12.5 Å². The first kappa shape index (κ1) is 11.7. The highest BCUT2D eigenvalue weighted by Gasteiger charge is 2.21. The molecule has 0 aliphatic heterocycles. The van der Waals surface area contributed by atoms with Gasteiger partial charge in [0.25, 0.3) is 0 Å². The topological polar surface area (TPSA) is 53.6 Å². The van der Waals surface area contributed by atoms with Crippen LogP contribution in [0.15, 0.2) is 18.7 Å². The van der Waals surface area contributed by atoms with Crippen LogP contribution < -0.4 is 5.32 Å². The number of imidazole rings is 1.